The first-order valence-electron chi connectivity index (χ1n) is 10.9. The van der Waals surface area contributed by atoms with E-state index in [0.717, 1.165) is 30.7 Å². The highest BCUT2D eigenvalue weighted by atomic mass is 35.5. The number of ether oxygens (including phenoxy) is 1. The Kier molecular flexibility index (Phi) is 6.93. The summed E-state index contributed by atoms with van der Waals surface area (Å²) in [6.45, 7) is 3.46. The molecule has 32 heavy (non-hydrogen) atoms. The van der Waals surface area contributed by atoms with Crippen molar-refractivity contribution in [1.82, 2.24) is 9.21 Å². The zero-order chi connectivity index (χ0) is 22.7. The average Bonchev–Trinajstić information content (AvgIpc) is 2.84. The van der Waals surface area contributed by atoms with Gasteiger partial charge in [0, 0.05) is 45.0 Å². The molecule has 0 atom stereocenters. The van der Waals surface area contributed by atoms with Crippen LogP contribution in [0.3, 0.4) is 0 Å². The van der Waals surface area contributed by atoms with E-state index in [9.17, 15) is 13.2 Å². The summed E-state index contributed by atoms with van der Waals surface area (Å²) in [6.07, 6.45) is 2.76. The fourth-order valence-electron chi connectivity index (χ4n) is 4.21. The van der Waals surface area contributed by atoms with Crippen molar-refractivity contribution in [2.45, 2.75) is 24.2 Å². The van der Waals surface area contributed by atoms with Crippen LogP contribution in [0.2, 0.25) is 5.02 Å². The number of halogens is 1. The molecule has 4 rings (SSSR count). The number of benzene rings is 2. The first-order chi connectivity index (χ1) is 15.4. The summed E-state index contributed by atoms with van der Waals surface area (Å²) < 4.78 is 32.8. The van der Waals surface area contributed by atoms with Gasteiger partial charge in [0.25, 0.3) is 5.91 Å². The number of piperazine rings is 1. The predicted octanol–water partition coefficient (Wildman–Crippen LogP) is 3.49. The Morgan fingerprint density at radius 1 is 0.906 bits per heavy atom. The van der Waals surface area contributed by atoms with Crippen molar-refractivity contribution in [3.8, 4) is 5.75 Å². The molecule has 0 aromatic heterocycles. The van der Waals surface area contributed by atoms with Crippen LogP contribution in [0.5, 0.6) is 5.75 Å². The molecule has 9 heteroatoms. The third-order valence-electron chi connectivity index (χ3n) is 6.13. The maximum atomic E-state index is 13.2. The lowest BCUT2D eigenvalue weighted by molar-refractivity contribution is 0.0746. The van der Waals surface area contributed by atoms with Crippen LogP contribution in [0.1, 0.15) is 29.6 Å². The number of hydrogen-bond donors (Lipinski definition) is 0. The third-order valence-corrected chi connectivity index (χ3v) is 8.35. The summed E-state index contributed by atoms with van der Waals surface area (Å²) in [7, 11) is -1.99. The molecule has 2 aliphatic rings. The maximum Gasteiger partial charge on any atom is 0.255 e. The number of carbonyl (C=O) groups is 1. The normalized spacial score (nSPS) is 17.9. The Hall–Kier alpha value is -2.29. The molecule has 0 radical (unpaired) electrons. The van der Waals surface area contributed by atoms with Gasteiger partial charge in [-0.1, -0.05) is 18.0 Å². The highest BCUT2D eigenvalue weighted by Gasteiger charge is 2.29. The van der Waals surface area contributed by atoms with Crippen molar-refractivity contribution in [3.63, 3.8) is 0 Å². The Labute approximate surface area is 194 Å². The first kappa shape index (κ1) is 22.9. The second kappa shape index (κ2) is 9.68. The van der Waals surface area contributed by atoms with Gasteiger partial charge in [-0.3, -0.25) is 4.79 Å². The Bertz CT molecular complexity index is 1060. The molecule has 2 saturated heterocycles. The summed E-state index contributed by atoms with van der Waals surface area (Å²) in [5.74, 6) is 0.566. The van der Waals surface area contributed by atoms with Gasteiger partial charge >= 0.3 is 0 Å². The Morgan fingerprint density at radius 2 is 1.56 bits per heavy atom. The lowest BCUT2D eigenvalue weighted by atomic mass is 10.1. The fourth-order valence-corrected chi connectivity index (χ4v) is 5.96. The zero-order valence-electron chi connectivity index (χ0n) is 18.2. The van der Waals surface area contributed by atoms with Gasteiger partial charge in [-0.15, -0.1) is 0 Å². The van der Waals surface area contributed by atoms with E-state index >= 15 is 0 Å². The van der Waals surface area contributed by atoms with E-state index in [2.05, 4.69) is 4.90 Å². The second-order valence-corrected chi connectivity index (χ2v) is 10.4. The molecule has 2 aliphatic heterocycles. The van der Waals surface area contributed by atoms with Gasteiger partial charge in [-0.05, 0) is 55.3 Å². The lowest BCUT2D eigenvalue weighted by Crippen LogP contribution is -2.48. The van der Waals surface area contributed by atoms with Crippen molar-refractivity contribution in [3.05, 3.63) is 53.1 Å². The van der Waals surface area contributed by atoms with E-state index in [0.29, 0.717) is 39.3 Å². The van der Waals surface area contributed by atoms with Crippen LogP contribution in [0.25, 0.3) is 0 Å². The number of piperidine rings is 1. The van der Waals surface area contributed by atoms with Gasteiger partial charge < -0.3 is 14.5 Å². The van der Waals surface area contributed by atoms with Gasteiger partial charge in [0.05, 0.1) is 22.6 Å². The molecule has 0 bridgehead atoms. The Morgan fingerprint density at radius 3 is 2.19 bits per heavy atom. The van der Waals surface area contributed by atoms with E-state index in [-0.39, 0.29) is 21.4 Å². The number of methoxy groups -OCH3 is 1. The molecule has 1 amide bonds. The van der Waals surface area contributed by atoms with Crippen LogP contribution in [0.4, 0.5) is 5.69 Å². The van der Waals surface area contributed by atoms with Crippen LogP contribution in [0.15, 0.2) is 47.4 Å². The smallest absolute Gasteiger partial charge is 0.255 e. The molecule has 172 valence electrons. The maximum absolute atomic E-state index is 13.2. The van der Waals surface area contributed by atoms with Crippen LogP contribution < -0.4 is 9.64 Å². The monoisotopic (exact) mass is 477 g/mol. The van der Waals surface area contributed by atoms with E-state index < -0.39 is 10.0 Å². The van der Waals surface area contributed by atoms with Crippen molar-refractivity contribution in [2.24, 2.45) is 0 Å². The van der Waals surface area contributed by atoms with E-state index in [1.54, 1.807) is 12.0 Å². The molecule has 0 spiro atoms. The summed E-state index contributed by atoms with van der Waals surface area (Å²) in [5.41, 5.74) is 1.31. The molecular formula is C23H28ClN3O4S. The number of amides is 1. The minimum atomic E-state index is -3.63. The minimum absolute atomic E-state index is 0.129. The van der Waals surface area contributed by atoms with Crippen LogP contribution in [0, 0.1) is 0 Å². The molecule has 2 aromatic carbocycles. The first-order valence-corrected chi connectivity index (χ1v) is 12.7. The van der Waals surface area contributed by atoms with Crippen molar-refractivity contribution >= 4 is 33.2 Å². The highest BCUT2D eigenvalue weighted by molar-refractivity contribution is 7.89. The van der Waals surface area contributed by atoms with Gasteiger partial charge in [0.15, 0.2) is 0 Å². The van der Waals surface area contributed by atoms with Crippen LogP contribution >= 0.6 is 11.6 Å². The number of carbonyl (C=O) groups excluding carboxylic acids is 1. The number of sulfonamides is 1. The van der Waals surface area contributed by atoms with Crippen molar-refractivity contribution in [2.75, 3.05) is 51.3 Å². The van der Waals surface area contributed by atoms with Crippen LogP contribution in [-0.2, 0) is 10.0 Å². The van der Waals surface area contributed by atoms with Crippen molar-refractivity contribution < 1.29 is 17.9 Å². The molecule has 2 aromatic rings. The number of hydrogen-bond acceptors (Lipinski definition) is 5. The van der Waals surface area contributed by atoms with Crippen LogP contribution in [-0.4, -0.2) is 69.9 Å². The SMILES string of the molecule is COc1ccc(N2CCN(C(=O)c3cc(S(=O)(=O)N4CCCCC4)ccc3Cl)CC2)cc1. The quantitative estimate of drug-likeness (QED) is 0.659. The molecule has 2 fully saturated rings. The highest BCUT2D eigenvalue weighted by Crippen LogP contribution is 2.27. The van der Waals surface area contributed by atoms with Gasteiger partial charge in [0.1, 0.15) is 5.75 Å². The Balaban J connectivity index is 1.47. The summed E-state index contributed by atoms with van der Waals surface area (Å²) in [4.78, 5) is 17.3. The standard InChI is InChI=1S/C23H28ClN3O4S/c1-31-19-7-5-18(6-8-19)25-13-15-26(16-14-25)23(28)21-17-20(9-10-22(21)24)32(29,30)27-11-3-2-4-12-27/h5-10,17H,2-4,11-16H2,1H3. The van der Waals surface area contributed by atoms with E-state index in [1.807, 2.05) is 24.3 Å². The second-order valence-electron chi connectivity index (χ2n) is 8.08. The van der Waals surface area contributed by atoms with Gasteiger partial charge in [-0.2, -0.15) is 4.31 Å². The summed E-state index contributed by atoms with van der Waals surface area (Å²) >= 11 is 6.32. The number of anilines is 1. The number of nitrogens with zero attached hydrogens (tertiary/aromatic N) is 3. The zero-order valence-corrected chi connectivity index (χ0v) is 19.7. The fraction of sp³-hybridized carbons (Fsp3) is 0.435. The predicted molar refractivity (Wildman–Crippen MR) is 125 cm³/mol. The molecule has 0 saturated carbocycles. The molecule has 0 N–H and O–H groups in total. The minimum Gasteiger partial charge on any atom is -0.497 e. The average molecular weight is 478 g/mol. The summed E-state index contributed by atoms with van der Waals surface area (Å²) in [6, 6.07) is 12.3. The topological polar surface area (TPSA) is 70.2 Å². The molecule has 2 heterocycles. The largest absolute Gasteiger partial charge is 0.497 e. The van der Waals surface area contributed by atoms with Crippen molar-refractivity contribution in [1.29, 1.82) is 0 Å². The van der Waals surface area contributed by atoms with E-state index in [4.69, 9.17) is 16.3 Å². The molecular weight excluding hydrogens is 450 g/mol. The number of rotatable bonds is 5. The van der Waals surface area contributed by atoms with Gasteiger partial charge in [-0.25, -0.2) is 8.42 Å². The third kappa shape index (κ3) is 4.72. The molecule has 7 nitrogen and oxygen atoms in total. The lowest BCUT2D eigenvalue weighted by Gasteiger charge is -2.36. The molecule has 0 aliphatic carbocycles. The summed E-state index contributed by atoms with van der Waals surface area (Å²) in [5, 5.41) is 0.269. The molecule has 0 unspecified atom stereocenters. The van der Waals surface area contributed by atoms with E-state index in [1.165, 1.54) is 22.5 Å². The van der Waals surface area contributed by atoms with Gasteiger partial charge in [0.2, 0.25) is 10.0 Å².